The monoisotopic (exact) mass is 318 g/mol. The van der Waals surface area contributed by atoms with Crippen LogP contribution in [0.25, 0.3) is 0 Å². The lowest BCUT2D eigenvalue weighted by atomic mass is 9.89. The first-order valence-electron chi connectivity index (χ1n) is 8.14. The minimum atomic E-state index is -2.71. The van der Waals surface area contributed by atoms with Crippen molar-refractivity contribution >= 4 is 0 Å². The molecular weight excluding hydrogens is 286 g/mol. The fourth-order valence-corrected chi connectivity index (χ4v) is 3.69. The lowest BCUT2D eigenvalue weighted by Gasteiger charge is -2.49. The maximum absolute atomic E-state index is 12.4. The zero-order chi connectivity index (χ0) is 17.1. The van der Waals surface area contributed by atoms with E-state index in [9.17, 15) is 8.78 Å². The predicted octanol–water partition coefficient (Wildman–Crippen LogP) is 4.00. The van der Waals surface area contributed by atoms with Crippen LogP contribution in [0.4, 0.5) is 8.78 Å². The Bertz CT molecular complexity index is 377. The third kappa shape index (κ3) is 5.28. The summed E-state index contributed by atoms with van der Waals surface area (Å²) < 4.78 is 29.4. The summed E-state index contributed by atoms with van der Waals surface area (Å²) in [6, 6.07) is 0.166. The molecule has 22 heavy (non-hydrogen) atoms. The topological polar surface area (TPSA) is 24.5 Å². The number of nitrogens with one attached hydrogen (secondary N) is 1. The number of ether oxygens (including phenoxy) is 1. The molecule has 0 bridgehead atoms. The van der Waals surface area contributed by atoms with Gasteiger partial charge in [0, 0.05) is 11.6 Å². The van der Waals surface area contributed by atoms with E-state index in [1.54, 1.807) is 6.08 Å². The second kappa shape index (κ2) is 7.37. The van der Waals surface area contributed by atoms with E-state index in [4.69, 9.17) is 0 Å². The highest BCUT2D eigenvalue weighted by atomic mass is 19.3. The smallest absolute Gasteiger partial charge is 0.315 e. The van der Waals surface area contributed by atoms with Gasteiger partial charge in [-0.05, 0) is 53.5 Å². The first-order chi connectivity index (χ1) is 9.97. The Labute approximate surface area is 134 Å². The van der Waals surface area contributed by atoms with Gasteiger partial charge in [-0.3, -0.25) is 10.2 Å². The van der Waals surface area contributed by atoms with Crippen molar-refractivity contribution in [2.75, 3.05) is 6.54 Å². The van der Waals surface area contributed by atoms with Gasteiger partial charge in [-0.1, -0.05) is 26.0 Å². The van der Waals surface area contributed by atoms with Crippen LogP contribution < -0.4 is 5.32 Å². The highest BCUT2D eigenvalue weighted by Gasteiger charge is 2.36. The van der Waals surface area contributed by atoms with Crippen LogP contribution in [-0.2, 0) is 4.74 Å². The average molecular weight is 318 g/mol. The summed E-state index contributed by atoms with van der Waals surface area (Å²) in [6.45, 7) is 13.3. The van der Waals surface area contributed by atoms with E-state index in [2.05, 4.69) is 56.5 Å². The SMILES string of the molecule is CCN(C(C)(C)C)C(C)(C)NC1C=C[C@@H](OC(F)F)[C@@H](C)C1. The van der Waals surface area contributed by atoms with Crippen LogP contribution in [0, 0.1) is 5.92 Å². The van der Waals surface area contributed by atoms with Crippen molar-refractivity contribution in [3.63, 3.8) is 0 Å². The molecule has 1 unspecified atom stereocenters. The number of hydrogen-bond acceptors (Lipinski definition) is 3. The van der Waals surface area contributed by atoms with Crippen LogP contribution in [-0.4, -0.2) is 41.4 Å². The van der Waals surface area contributed by atoms with Crippen LogP contribution in [0.15, 0.2) is 12.2 Å². The molecule has 0 fully saturated rings. The Morgan fingerprint density at radius 3 is 2.23 bits per heavy atom. The number of hydrogen-bond donors (Lipinski definition) is 1. The lowest BCUT2D eigenvalue weighted by Crippen LogP contribution is -2.63. The summed E-state index contributed by atoms with van der Waals surface area (Å²) in [6.07, 6.45) is 4.03. The highest BCUT2D eigenvalue weighted by molar-refractivity contribution is 5.07. The number of halogens is 2. The van der Waals surface area contributed by atoms with Crippen molar-refractivity contribution < 1.29 is 13.5 Å². The Kier molecular flexibility index (Phi) is 6.54. The maximum Gasteiger partial charge on any atom is 0.345 e. The molecule has 0 aromatic heterocycles. The van der Waals surface area contributed by atoms with Gasteiger partial charge in [-0.25, -0.2) is 0 Å². The fraction of sp³-hybridized carbons (Fsp3) is 0.882. The largest absolute Gasteiger partial charge is 0.345 e. The van der Waals surface area contributed by atoms with Crippen LogP contribution in [0.5, 0.6) is 0 Å². The summed E-state index contributed by atoms with van der Waals surface area (Å²) in [5, 5.41) is 3.65. The summed E-state index contributed by atoms with van der Waals surface area (Å²) in [5.41, 5.74) is -0.130. The molecule has 130 valence electrons. The van der Waals surface area contributed by atoms with Gasteiger partial charge in [-0.2, -0.15) is 8.78 Å². The molecule has 0 aliphatic heterocycles. The number of rotatable bonds is 6. The number of nitrogens with zero attached hydrogens (tertiary/aromatic N) is 1. The van der Waals surface area contributed by atoms with Gasteiger partial charge in [0.1, 0.15) is 0 Å². The van der Waals surface area contributed by atoms with Crippen molar-refractivity contribution in [2.24, 2.45) is 5.92 Å². The molecule has 3 nitrogen and oxygen atoms in total. The fourth-order valence-electron chi connectivity index (χ4n) is 3.69. The molecular formula is C17H32F2N2O. The normalized spacial score (nSPS) is 27.0. The highest BCUT2D eigenvalue weighted by Crippen LogP contribution is 2.27. The van der Waals surface area contributed by atoms with Crippen molar-refractivity contribution in [1.82, 2.24) is 10.2 Å². The molecule has 1 aliphatic carbocycles. The van der Waals surface area contributed by atoms with Crippen LogP contribution in [0.3, 0.4) is 0 Å². The second-order valence-electron chi connectivity index (χ2n) is 7.68. The molecule has 0 saturated carbocycles. The molecule has 1 aliphatic rings. The second-order valence-corrected chi connectivity index (χ2v) is 7.68. The Hall–Kier alpha value is -0.520. The van der Waals surface area contributed by atoms with E-state index >= 15 is 0 Å². The van der Waals surface area contributed by atoms with Crippen molar-refractivity contribution in [2.45, 2.75) is 84.8 Å². The first kappa shape index (κ1) is 19.5. The number of alkyl halides is 2. The van der Waals surface area contributed by atoms with Crippen LogP contribution >= 0.6 is 0 Å². The summed E-state index contributed by atoms with van der Waals surface area (Å²) in [5.74, 6) is 0.0667. The van der Waals surface area contributed by atoms with Crippen molar-refractivity contribution in [3.8, 4) is 0 Å². The standard InChI is InChI=1S/C17H32F2N2O/c1-8-21(16(3,4)5)17(6,7)20-13-9-10-14(12(2)11-13)22-15(18)19/h9-10,12-15,20H,8,11H2,1-7H3/t12-,13?,14+/m0/s1. The first-order valence-corrected chi connectivity index (χ1v) is 8.14. The van der Waals surface area contributed by atoms with E-state index in [0.29, 0.717) is 0 Å². The third-order valence-corrected chi connectivity index (χ3v) is 4.32. The summed E-state index contributed by atoms with van der Waals surface area (Å²) >= 11 is 0. The minimum Gasteiger partial charge on any atom is -0.315 e. The molecule has 0 aromatic carbocycles. The lowest BCUT2D eigenvalue weighted by molar-refractivity contribution is -0.163. The van der Waals surface area contributed by atoms with Gasteiger partial charge in [0.2, 0.25) is 0 Å². The molecule has 0 aromatic rings. The zero-order valence-corrected chi connectivity index (χ0v) is 15.0. The van der Waals surface area contributed by atoms with Gasteiger partial charge < -0.3 is 4.74 Å². The summed E-state index contributed by atoms with van der Waals surface area (Å²) in [4.78, 5) is 2.40. The molecule has 0 radical (unpaired) electrons. The molecule has 0 saturated heterocycles. The molecule has 0 heterocycles. The van der Waals surface area contributed by atoms with E-state index < -0.39 is 12.7 Å². The van der Waals surface area contributed by atoms with E-state index in [1.165, 1.54) is 0 Å². The van der Waals surface area contributed by atoms with Crippen LogP contribution in [0.1, 0.15) is 54.9 Å². The molecule has 3 atom stereocenters. The molecule has 1 N–H and O–H groups in total. The zero-order valence-electron chi connectivity index (χ0n) is 15.0. The molecule has 0 spiro atoms. The molecule has 1 rings (SSSR count). The van der Waals surface area contributed by atoms with E-state index in [1.807, 2.05) is 13.0 Å². The van der Waals surface area contributed by atoms with Gasteiger partial charge in [0.15, 0.2) is 0 Å². The average Bonchev–Trinajstić information content (AvgIpc) is 2.30. The Morgan fingerprint density at radius 1 is 1.23 bits per heavy atom. The molecule has 0 amide bonds. The van der Waals surface area contributed by atoms with Gasteiger partial charge in [0.05, 0.1) is 11.8 Å². The van der Waals surface area contributed by atoms with Gasteiger partial charge >= 0.3 is 6.61 Å². The maximum atomic E-state index is 12.4. The van der Waals surface area contributed by atoms with Crippen LogP contribution in [0.2, 0.25) is 0 Å². The Balaban J connectivity index is 2.74. The predicted molar refractivity (Wildman–Crippen MR) is 86.9 cm³/mol. The van der Waals surface area contributed by atoms with Crippen molar-refractivity contribution in [3.05, 3.63) is 12.2 Å². The summed E-state index contributed by atoms with van der Waals surface area (Å²) in [7, 11) is 0. The van der Waals surface area contributed by atoms with Crippen molar-refractivity contribution in [1.29, 1.82) is 0 Å². The van der Waals surface area contributed by atoms with Gasteiger partial charge in [-0.15, -0.1) is 0 Å². The molecule has 5 heteroatoms. The van der Waals surface area contributed by atoms with Gasteiger partial charge in [0.25, 0.3) is 0 Å². The van der Waals surface area contributed by atoms with E-state index in [0.717, 1.165) is 13.0 Å². The third-order valence-electron chi connectivity index (χ3n) is 4.32. The quantitative estimate of drug-likeness (QED) is 0.592. The minimum absolute atomic E-state index is 0.0522. The van der Waals surface area contributed by atoms with E-state index in [-0.39, 0.29) is 23.2 Å². The Morgan fingerprint density at radius 2 is 1.82 bits per heavy atom.